The van der Waals surface area contributed by atoms with Crippen LogP contribution in [0.2, 0.25) is 0 Å². The van der Waals surface area contributed by atoms with Crippen LogP contribution in [0.1, 0.15) is 28.0 Å². The molecule has 3 heterocycles. The number of hydrogen-bond donors (Lipinski definition) is 1. The zero-order valence-corrected chi connectivity index (χ0v) is 17.3. The fourth-order valence-electron chi connectivity index (χ4n) is 2.80. The highest BCUT2D eigenvalue weighted by molar-refractivity contribution is 7.98. The van der Waals surface area contributed by atoms with Gasteiger partial charge in [-0.3, -0.25) is 0 Å². The molecule has 0 fully saturated rings. The Kier molecular flexibility index (Phi) is 5.41. The summed E-state index contributed by atoms with van der Waals surface area (Å²) in [5.74, 6) is 0.946. The quantitative estimate of drug-likeness (QED) is 0.365. The number of thiophene rings is 1. The molecule has 11 heteroatoms. The number of thioether (sulfide) groups is 1. The van der Waals surface area contributed by atoms with Gasteiger partial charge in [0.15, 0.2) is 0 Å². The molecule has 0 unspecified atom stereocenters. The van der Waals surface area contributed by atoms with E-state index in [0.29, 0.717) is 44.3 Å². The molecule has 29 heavy (non-hydrogen) atoms. The van der Waals surface area contributed by atoms with Gasteiger partial charge >= 0.3 is 5.97 Å². The number of ether oxygens (including phenoxy) is 1. The SMILES string of the molecule is CCOC(=O)c1sc2nc(CSc3nnnn3-c3ccccc3)nc(N)c2c1C. The molecule has 0 saturated heterocycles. The van der Waals surface area contributed by atoms with E-state index in [4.69, 9.17) is 10.5 Å². The van der Waals surface area contributed by atoms with E-state index in [9.17, 15) is 4.79 Å². The van der Waals surface area contributed by atoms with Crippen LogP contribution in [0.4, 0.5) is 5.82 Å². The second kappa shape index (κ2) is 8.13. The summed E-state index contributed by atoms with van der Waals surface area (Å²) in [5, 5.41) is 13.2. The van der Waals surface area contributed by atoms with Crippen LogP contribution in [0.5, 0.6) is 0 Å². The van der Waals surface area contributed by atoms with E-state index in [0.717, 1.165) is 11.3 Å². The number of hydrogen-bond acceptors (Lipinski definition) is 10. The number of benzene rings is 1. The number of carbonyl (C=O) groups is 1. The van der Waals surface area contributed by atoms with Gasteiger partial charge in [0.1, 0.15) is 21.3 Å². The van der Waals surface area contributed by atoms with Crippen LogP contribution >= 0.6 is 23.1 Å². The molecule has 0 atom stereocenters. The molecule has 0 aliphatic carbocycles. The van der Waals surface area contributed by atoms with Crippen molar-refractivity contribution in [3.05, 3.63) is 46.6 Å². The largest absolute Gasteiger partial charge is 0.462 e. The predicted octanol–water partition coefficient (Wildman–Crippen LogP) is 3.03. The van der Waals surface area contributed by atoms with Crippen LogP contribution in [0.3, 0.4) is 0 Å². The van der Waals surface area contributed by atoms with Crippen LogP contribution < -0.4 is 5.73 Å². The minimum absolute atomic E-state index is 0.311. The lowest BCUT2D eigenvalue weighted by molar-refractivity contribution is 0.0531. The molecule has 2 N–H and O–H groups in total. The zero-order valence-electron chi connectivity index (χ0n) is 15.7. The zero-order chi connectivity index (χ0) is 20.4. The molecule has 1 aromatic carbocycles. The summed E-state index contributed by atoms with van der Waals surface area (Å²) in [4.78, 5) is 22.3. The van der Waals surface area contributed by atoms with Gasteiger partial charge in [-0.05, 0) is 42.0 Å². The molecular formula is C18H17N7O2S2. The Morgan fingerprint density at radius 1 is 1.28 bits per heavy atom. The minimum atomic E-state index is -0.370. The number of para-hydroxylation sites is 1. The smallest absolute Gasteiger partial charge is 0.348 e. The topological polar surface area (TPSA) is 122 Å². The Morgan fingerprint density at radius 2 is 2.07 bits per heavy atom. The van der Waals surface area contributed by atoms with Gasteiger partial charge in [0.25, 0.3) is 0 Å². The van der Waals surface area contributed by atoms with E-state index in [-0.39, 0.29) is 5.97 Å². The molecule has 148 valence electrons. The summed E-state index contributed by atoms with van der Waals surface area (Å²) >= 11 is 2.67. The average Bonchev–Trinajstić information content (AvgIpc) is 3.32. The van der Waals surface area contributed by atoms with Gasteiger partial charge in [0.05, 0.1) is 23.4 Å². The van der Waals surface area contributed by atoms with Gasteiger partial charge in [0, 0.05) is 0 Å². The summed E-state index contributed by atoms with van der Waals surface area (Å²) in [6.07, 6.45) is 0. The average molecular weight is 428 g/mol. The Hall–Kier alpha value is -3.05. The number of rotatable bonds is 6. The number of nitrogen functional groups attached to an aromatic ring is 1. The standard InChI is InChI=1S/C18H17N7O2S2/c1-3-27-17(26)14-10(2)13-15(19)20-12(21-16(13)29-14)9-28-18-22-23-24-25(18)11-7-5-4-6-8-11/h4-8H,3,9H2,1-2H3,(H2,19,20,21). The molecule has 9 nitrogen and oxygen atoms in total. The number of aryl methyl sites for hydroxylation is 1. The van der Waals surface area contributed by atoms with Gasteiger partial charge < -0.3 is 10.5 Å². The van der Waals surface area contributed by atoms with E-state index >= 15 is 0 Å². The number of nitrogens with two attached hydrogens (primary N) is 1. The molecule has 3 aromatic heterocycles. The highest BCUT2D eigenvalue weighted by Gasteiger charge is 2.21. The number of tetrazole rings is 1. The molecule has 0 spiro atoms. The van der Waals surface area contributed by atoms with Crippen molar-refractivity contribution < 1.29 is 9.53 Å². The van der Waals surface area contributed by atoms with Crippen molar-refractivity contribution in [2.24, 2.45) is 0 Å². The van der Waals surface area contributed by atoms with Crippen molar-refractivity contribution in [3.8, 4) is 5.69 Å². The van der Waals surface area contributed by atoms with Crippen molar-refractivity contribution >= 4 is 45.1 Å². The lowest BCUT2D eigenvalue weighted by atomic mass is 10.2. The highest BCUT2D eigenvalue weighted by atomic mass is 32.2. The third kappa shape index (κ3) is 3.78. The number of esters is 1. The van der Waals surface area contributed by atoms with Gasteiger partial charge in [-0.25, -0.2) is 14.8 Å². The number of nitrogens with zero attached hydrogens (tertiary/aromatic N) is 6. The first kappa shape index (κ1) is 19.3. The van der Waals surface area contributed by atoms with Gasteiger partial charge in [-0.15, -0.1) is 16.4 Å². The van der Waals surface area contributed by atoms with E-state index in [2.05, 4.69) is 25.5 Å². The molecule has 0 aliphatic heterocycles. The van der Waals surface area contributed by atoms with Gasteiger partial charge in [-0.2, -0.15) is 4.68 Å². The Balaban J connectivity index is 1.60. The van der Waals surface area contributed by atoms with E-state index in [1.54, 1.807) is 11.6 Å². The van der Waals surface area contributed by atoms with Crippen LogP contribution in [-0.2, 0) is 10.5 Å². The summed E-state index contributed by atoms with van der Waals surface area (Å²) in [5.41, 5.74) is 7.77. The fraction of sp³-hybridized carbons (Fsp3) is 0.222. The summed E-state index contributed by atoms with van der Waals surface area (Å²) < 4.78 is 6.77. The van der Waals surface area contributed by atoms with Crippen molar-refractivity contribution in [3.63, 3.8) is 0 Å². The van der Waals surface area contributed by atoms with E-state index < -0.39 is 0 Å². The fourth-order valence-corrected chi connectivity index (χ4v) is 4.65. The van der Waals surface area contributed by atoms with E-state index in [1.165, 1.54) is 23.1 Å². The second-order valence-corrected chi connectivity index (χ2v) is 7.92. The first-order valence-electron chi connectivity index (χ1n) is 8.77. The van der Waals surface area contributed by atoms with Crippen LogP contribution in [0.15, 0.2) is 35.5 Å². The second-order valence-electron chi connectivity index (χ2n) is 5.98. The molecule has 0 bridgehead atoms. The molecule has 4 rings (SSSR count). The monoisotopic (exact) mass is 427 g/mol. The number of anilines is 1. The van der Waals surface area contributed by atoms with Crippen LogP contribution in [0, 0.1) is 6.92 Å². The first-order chi connectivity index (χ1) is 14.1. The number of aromatic nitrogens is 6. The molecular weight excluding hydrogens is 410 g/mol. The normalized spacial score (nSPS) is 11.1. The summed E-state index contributed by atoms with van der Waals surface area (Å²) in [6, 6.07) is 9.62. The third-order valence-electron chi connectivity index (χ3n) is 4.10. The van der Waals surface area contributed by atoms with Gasteiger partial charge in [0.2, 0.25) is 5.16 Å². The summed E-state index contributed by atoms with van der Waals surface area (Å²) in [7, 11) is 0. The molecule has 0 radical (unpaired) electrons. The lowest BCUT2D eigenvalue weighted by Gasteiger charge is -2.05. The molecule has 0 amide bonds. The maximum absolute atomic E-state index is 12.2. The highest BCUT2D eigenvalue weighted by Crippen LogP contribution is 2.34. The van der Waals surface area contributed by atoms with Crippen LogP contribution in [-0.4, -0.2) is 42.8 Å². The lowest BCUT2D eigenvalue weighted by Crippen LogP contribution is -2.04. The van der Waals surface area contributed by atoms with Crippen LogP contribution in [0.25, 0.3) is 15.9 Å². The molecule has 0 saturated carbocycles. The summed E-state index contributed by atoms with van der Waals surface area (Å²) in [6.45, 7) is 3.91. The third-order valence-corrected chi connectivity index (χ3v) is 6.18. The maximum Gasteiger partial charge on any atom is 0.348 e. The first-order valence-corrected chi connectivity index (χ1v) is 10.6. The van der Waals surface area contributed by atoms with Crippen molar-refractivity contribution in [2.75, 3.05) is 12.3 Å². The maximum atomic E-state index is 12.2. The van der Waals surface area contributed by atoms with Crippen molar-refractivity contribution in [1.29, 1.82) is 0 Å². The number of fused-ring (bicyclic) bond motifs is 1. The molecule has 4 aromatic rings. The van der Waals surface area contributed by atoms with E-state index in [1.807, 2.05) is 37.3 Å². The Bertz CT molecular complexity index is 1170. The number of carbonyl (C=O) groups excluding carboxylic acids is 1. The Morgan fingerprint density at radius 3 is 2.83 bits per heavy atom. The van der Waals surface area contributed by atoms with Gasteiger partial charge in [-0.1, -0.05) is 30.0 Å². The Labute approximate surface area is 174 Å². The molecule has 0 aliphatic rings. The predicted molar refractivity (Wildman–Crippen MR) is 111 cm³/mol. The minimum Gasteiger partial charge on any atom is -0.462 e. The van der Waals surface area contributed by atoms with Crippen molar-refractivity contribution in [1.82, 2.24) is 30.2 Å². The van der Waals surface area contributed by atoms with Crippen molar-refractivity contribution in [2.45, 2.75) is 24.8 Å².